The van der Waals surface area contributed by atoms with Crippen molar-refractivity contribution in [2.45, 2.75) is 40.1 Å². The number of anilines is 1. The van der Waals surface area contributed by atoms with Crippen LogP contribution in [0.4, 0.5) is 5.69 Å². The highest BCUT2D eigenvalue weighted by Gasteiger charge is 2.44. The highest BCUT2D eigenvalue weighted by atomic mass is 16.7. The fourth-order valence-corrected chi connectivity index (χ4v) is 2.85. The number of aryl methyl sites for hydroxylation is 1. The van der Waals surface area contributed by atoms with Gasteiger partial charge in [0.15, 0.2) is 6.10 Å². The lowest BCUT2D eigenvalue weighted by Crippen LogP contribution is -2.50. The molecular weight excluding hydrogens is 282 g/mol. The molecule has 0 aliphatic carbocycles. The number of ether oxygens (including phenoxy) is 3. The predicted molar refractivity (Wildman–Crippen MR) is 84.4 cm³/mol. The number of nitrogens with two attached hydrogens (primary N) is 1. The molecule has 0 radical (unpaired) electrons. The minimum Gasteiger partial charge on any atom is -0.467 e. The molecule has 5 atom stereocenters. The van der Waals surface area contributed by atoms with Gasteiger partial charge in [0.2, 0.25) is 6.29 Å². The van der Waals surface area contributed by atoms with Crippen molar-refractivity contribution >= 4 is 11.7 Å². The molecule has 5 unspecified atom stereocenters. The van der Waals surface area contributed by atoms with Gasteiger partial charge in [-0.1, -0.05) is 20.8 Å². The van der Waals surface area contributed by atoms with E-state index < -0.39 is 12.4 Å². The van der Waals surface area contributed by atoms with Gasteiger partial charge in [-0.3, -0.25) is 0 Å². The lowest BCUT2D eigenvalue weighted by Gasteiger charge is -2.42. The van der Waals surface area contributed by atoms with E-state index in [1.165, 1.54) is 7.11 Å². The van der Waals surface area contributed by atoms with Gasteiger partial charge in [-0.15, -0.1) is 0 Å². The van der Waals surface area contributed by atoms with E-state index in [-0.39, 0.29) is 23.7 Å². The van der Waals surface area contributed by atoms with Crippen LogP contribution in [0.2, 0.25) is 0 Å². The summed E-state index contributed by atoms with van der Waals surface area (Å²) >= 11 is 0. The van der Waals surface area contributed by atoms with Crippen molar-refractivity contribution in [3.05, 3.63) is 23.8 Å². The largest absolute Gasteiger partial charge is 0.467 e. The van der Waals surface area contributed by atoms with Gasteiger partial charge in [-0.05, 0) is 42.5 Å². The molecule has 0 saturated carbocycles. The van der Waals surface area contributed by atoms with E-state index in [1.807, 2.05) is 26.0 Å². The van der Waals surface area contributed by atoms with Gasteiger partial charge in [0.05, 0.1) is 7.11 Å². The normalized spacial score (nSPS) is 31.6. The van der Waals surface area contributed by atoms with Crippen LogP contribution in [-0.2, 0) is 14.3 Å². The third-order valence-corrected chi connectivity index (χ3v) is 4.72. The number of carbonyl (C=O) groups is 1. The zero-order valence-corrected chi connectivity index (χ0v) is 13.8. The second kappa shape index (κ2) is 6.57. The molecule has 5 nitrogen and oxygen atoms in total. The van der Waals surface area contributed by atoms with Crippen molar-refractivity contribution in [3.63, 3.8) is 0 Å². The van der Waals surface area contributed by atoms with Crippen molar-refractivity contribution in [1.82, 2.24) is 0 Å². The molecule has 5 heteroatoms. The summed E-state index contributed by atoms with van der Waals surface area (Å²) in [5.74, 6) is 0.880. The van der Waals surface area contributed by atoms with Crippen LogP contribution in [0.5, 0.6) is 5.75 Å². The van der Waals surface area contributed by atoms with Crippen molar-refractivity contribution in [2.24, 2.45) is 17.8 Å². The third kappa shape index (κ3) is 3.19. The predicted octanol–water partition coefficient (Wildman–Crippen LogP) is 2.76. The molecule has 22 heavy (non-hydrogen) atoms. The van der Waals surface area contributed by atoms with Crippen molar-refractivity contribution in [2.75, 3.05) is 12.8 Å². The fourth-order valence-electron chi connectivity index (χ4n) is 2.85. The minimum atomic E-state index is -0.602. The van der Waals surface area contributed by atoms with Crippen LogP contribution in [0.3, 0.4) is 0 Å². The Morgan fingerprint density at radius 2 is 1.86 bits per heavy atom. The molecule has 0 spiro atoms. The van der Waals surface area contributed by atoms with Gasteiger partial charge in [0, 0.05) is 11.6 Å². The van der Waals surface area contributed by atoms with Crippen molar-refractivity contribution in [3.8, 4) is 5.75 Å². The molecule has 2 N–H and O–H groups in total. The number of hydrogen-bond donors (Lipinski definition) is 1. The summed E-state index contributed by atoms with van der Waals surface area (Å²) in [4.78, 5) is 11.9. The number of nitrogen functional groups attached to an aromatic ring is 1. The maximum atomic E-state index is 11.9. The van der Waals surface area contributed by atoms with Crippen LogP contribution >= 0.6 is 0 Å². The smallest absolute Gasteiger partial charge is 0.335 e. The Bertz CT molecular complexity index is 545. The average Bonchev–Trinajstić information content (AvgIpc) is 2.49. The molecule has 1 saturated heterocycles. The van der Waals surface area contributed by atoms with E-state index in [2.05, 4.69) is 13.8 Å². The van der Waals surface area contributed by atoms with Crippen LogP contribution in [0.1, 0.15) is 26.3 Å². The zero-order valence-electron chi connectivity index (χ0n) is 13.8. The molecule has 1 fully saturated rings. The van der Waals surface area contributed by atoms with Crippen LogP contribution < -0.4 is 10.5 Å². The van der Waals surface area contributed by atoms with E-state index in [4.69, 9.17) is 19.9 Å². The molecule has 1 aromatic carbocycles. The SMILES string of the molecule is COC(=O)C1OC(Oc2ccc(N)cc2C)C(C)C(C)C1C. The van der Waals surface area contributed by atoms with Gasteiger partial charge in [-0.25, -0.2) is 4.79 Å². The molecule has 1 aliphatic heterocycles. The molecule has 1 heterocycles. The molecule has 2 rings (SSSR count). The number of methoxy groups -OCH3 is 1. The zero-order chi connectivity index (χ0) is 16.4. The Labute approximate surface area is 131 Å². The van der Waals surface area contributed by atoms with Gasteiger partial charge in [-0.2, -0.15) is 0 Å². The summed E-state index contributed by atoms with van der Waals surface area (Å²) in [7, 11) is 1.38. The molecular formula is C17H25NO4. The van der Waals surface area contributed by atoms with Gasteiger partial charge in [0.25, 0.3) is 0 Å². The minimum absolute atomic E-state index is 0.0785. The van der Waals surface area contributed by atoms with Gasteiger partial charge >= 0.3 is 5.97 Å². The molecule has 122 valence electrons. The standard InChI is InChI=1S/C17H25NO4/c1-9-8-13(18)6-7-14(9)21-17-12(4)10(2)11(3)15(22-17)16(19)20-5/h6-8,10-12,15,17H,18H2,1-5H3. The maximum absolute atomic E-state index is 11.9. The van der Waals surface area contributed by atoms with E-state index in [0.717, 1.165) is 11.3 Å². The number of carbonyl (C=O) groups excluding carboxylic acids is 1. The second-order valence-electron chi connectivity index (χ2n) is 6.17. The van der Waals surface area contributed by atoms with Crippen molar-refractivity contribution < 1.29 is 19.0 Å². The Kier molecular flexibility index (Phi) is 4.96. The number of hydrogen-bond acceptors (Lipinski definition) is 5. The molecule has 1 aliphatic rings. The number of esters is 1. The lowest BCUT2D eigenvalue weighted by atomic mass is 9.79. The Balaban J connectivity index is 2.20. The average molecular weight is 307 g/mol. The fraction of sp³-hybridized carbons (Fsp3) is 0.588. The summed E-state index contributed by atoms with van der Waals surface area (Å²) in [6.45, 7) is 8.13. The van der Waals surface area contributed by atoms with Gasteiger partial charge in [0.1, 0.15) is 5.75 Å². The van der Waals surface area contributed by atoms with E-state index in [1.54, 1.807) is 6.07 Å². The Morgan fingerprint density at radius 1 is 1.18 bits per heavy atom. The van der Waals surface area contributed by atoms with Crippen LogP contribution in [0.15, 0.2) is 18.2 Å². The lowest BCUT2D eigenvalue weighted by molar-refractivity contribution is -0.222. The highest BCUT2D eigenvalue weighted by molar-refractivity contribution is 5.75. The van der Waals surface area contributed by atoms with E-state index in [0.29, 0.717) is 5.69 Å². The van der Waals surface area contributed by atoms with Gasteiger partial charge < -0.3 is 19.9 Å². The highest BCUT2D eigenvalue weighted by Crippen LogP contribution is 2.37. The van der Waals surface area contributed by atoms with Crippen LogP contribution in [-0.4, -0.2) is 25.5 Å². The first-order valence-electron chi connectivity index (χ1n) is 7.61. The van der Waals surface area contributed by atoms with E-state index >= 15 is 0 Å². The summed E-state index contributed by atoms with van der Waals surface area (Å²) in [6, 6.07) is 5.48. The summed E-state index contributed by atoms with van der Waals surface area (Å²) in [6.07, 6.45) is -1.09. The topological polar surface area (TPSA) is 70.8 Å². The summed E-state index contributed by atoms with van der Waals surface area (Å²) in [5.41, 5.74) is 7.39. The van der Waals surface area contributed by atoms with Crippen LogP contribution in [0, 0.1) is 24.7 Å². The summed E-state index contributed by atoms with van der Waals surface area (Å²) < 4.78 is 16.8. The summed E-state index contributed by atoms with van der Waals surface area (Å²) in [5, 5.41) is 0. The first-order valence-corrected chi connectivity index (χ1v) is 7.61. The molecule has 0 amide bonds. The molecule has 1 aromatic rings. The number of rotatable bonds is 3. The first kappa shape index (κ1) is 16.6. The van der Waals surface area contributed by atoms with Crippen molar-refractivity contribution in [1.29, 1.82) is 0 Å². The molecule has 0 aromatic heterocycles. The third-order valence-electron chi connectivity index (χ3n) is 4.72. The maximum Gasteiger partial charge on any atom is 0.335 e. The molecule has 0 bridgehead atoms. The van der Waals surface area contributed by atoms with Crippen LogP contribution in [0.25, 0.3) is 0 Å². The first-order chi connectivity index (χ1) is 10.3. The van der Waals surface area contributed by atoms with E-state index in [9.17, 15) is 4.79 Å². The quantitative estimate of drug-likeness (QED) is 0.687. The Hall–Kier alpha value is -1.75. The monoisotopic (exact) mass is 307 g/mol. The Morgan fingerprint density at radius 3 is 2.45 bits per heavy atom. The second-order valence-corrected chi connectivity index (χ2v) is 6.17. The number of benzene rings is 1.